The molecule has 2 aliphatic rings. The van der Waals surface area contributed by atoms with Gasteiger partial charge >= 0.3 is 12.4 Å². The summed E-state index contributed by atoms with van der Waals surface area (Å²) >= 11 is 12.4. The molecule has 0 aliphatic carbocycles. The molecule has 2 aliphatic heterocycles. The second kappa shape index (κ2) is 13.4. The summed E-state index contributed by atoms with van der Waals surface area (Å²) in [7, 11) is -2.14. The largest absolute Gasteiger partial charge is 0.416 e. The van der Waals surface area contributed by atoms with Crippen LogP contribution in [-0.4, -0.2) is 70.2 Å². The average Bonchev–Trinajstić information content (AvgIpc) is 3.34. The summed E-state index contributed by atoms with van der Waals surface area (Å²) in [5, 5.41) is 0.560. The highest BCUT2D eigenvalue weighted by molar-refractivity contribution is 7.92. The number of piperidine rings is 1. The normalized spacial score (nSPS) is 17.4. The third-order valence-corrected chi connectivity index (χ3v) is 11.2. The predicted molar refractivity (Wildman–Crippen MR) is 173 cm³/mol. The Morgan fingerprint density at radius 1 is 0.917 bits per heavy atom. The van der Waals surface area contributed by atoms with Gasteiger partial charge in [0.15, 0.2) is 0 Å². The lowest BCUT2D eigenvalue weighted by molar-refractivity contribution is -0.143. The number of nitrogens with zero attached hydrogens (tertiary/aromatic N) is 3. The number of alkyl halides is 6. The molecule has 1 saturated heterocycles. The zero-order valence-electron chi connectivity index (χ0n) is 26.0. The van der Waals surface area contributed by atoms with E-state index in [0.29, 0.717) is 73.8 Å². The van der Waals surface area contributed by atoms with Crippen LogP contribution >= 0.6 is 23.2 Å². The van der Waals surface area contributed by atoms with Crippen LogP contribution in [0.1, 0.15) is 57.8 Å². The first-order chi connectivity index (χ1) is 22.3. The number of anilines is 1. The lowest BCUT2D eigenvalue weighted by Crippen LogP contribution is -2.46. The third-order valence-electron chi connectivity index (χ3n) is 9.29. The number of hydrogen-bond acceptors (Lipinski definition) is 4. The highest BCUT2D eigenvalue weighted by atomic mass is 35.5. The van der Waals surface area contributed by atoms with Crippen molar-refractivity contribution in [2.75, 3.05) is 50.3 Å². The molecule has 0 aromatic heterocycles. The number of para-hydroxylation sites is 1. The Morgan fingerprint density at radius 2 is 1.52 bits per heavy atom. The number of rotatable bonds is 8. The Labute approximate surface area is 285 Å². The SMILES string of the molecule is CN(C[C@@H](CCN1CCC2(CC1)CN(S(C)(=O)=O)c1ccccc12)c1ccc(Cl)c(Cl)c1)C(=O)c1cc(C(F)(F)F)cc(C(F)(F)F)c1. The van der Waals surface area contributed by atoms with Gasteiger partial charge in [-0.3, -0.25) is 9.10 Å². The van der Waals surface area contributed by atoms with E-state index in [1.54, 1.807) is 18.2 Å². The van der Waals surface area contributed by atoms with Crippen LogP contribution in [0.25, 0.3) is 0 Å². The van der Waals surface area contributed by atoms with E-state index in [-0.39, 0.29) is 23.0 Å². The standard InChI is InChI=1S/C33H33Cl2F6N3O3S/c1-42(30(45)23-15-24(32(36,37)38)18-25(16-23)33(39,40)41)19-22(21-7-8-27(34)28(35)17-21)9-12-43-13-10-31(11-14-43)20-44(48(2,46)47)29-6-4-3-5-26(29)31/h3-8,15-18,22H,9-14,19-20H2,1-2H3/t22-/m1/s1. The molecule has 0 N–H and O–H groups in total. The van der Waals surface area contributed by atoms with Crippen molar-refractivity contribution in [2.45, 2.75) is 42.9 Å². The van der Waals surface area contributed by atoms with E-state index in [9.17, 15) is 39.6 Å². The lowest BCUT2D eigenvalue weighted by Gasteiger charge is -2.40. The molecule has 0 bridgehead atoms. The van der Waals surface area contributed by atoms with Crippen LogP contribution in [0.4, 0.5) is 32.0 Å². The summed E-state index contributed by atoms with van der Waals surface area (Å²) in [6.45, 7) is 2.23. The maximum absolute atomic E-state index is 13.5. The van der Waals surface area contributed by atoms with Crippen LogP contribution in [0.15, 0.2) is 60.7 Å². The van der Waals surface area contributed by atoms with E-state index >= 15 is 0 Å². The number of carbonyl (C=O) groups is 1. The summed E-state index contributed by atoms with van der Waals surface area (Å²) in [6.07, 6.45) is -7.08. The second-order valence-corrected chi connectivity index (χ2v) is 15.3. The van der Waals surface area contributed by atoms with Crippen LogP contribution in [0.2, 0.25) is 10.0 Å². The summed E-state index contributed by atoms with van der Waals surface area (Å²) in [5.74, 6) is -1.39. The predicted octanol–water partition coefficient (Wildman–Crippen LogP) is 8.09. The molecule has 1 amide bonds. The van der Waals surface area contributed by atoms with Crippen LogP contribution in [0, 0.1) is 0 Å². The first kappa shape index (κ1) is 36.3. The number of likely N-dealkylation sites (N-methyl/N-ethyl adjacent to an activating group) is 1. The maximum Gasteiger partial charge on any atom is 0.416 e. The molecule has 1 fully saturated rings. The molecule has 0 radical (unpaired) electrons. The van der Waals surface area contributed by atoms with Crippen molar-refractivity contribution < 1.29 is 39.6 Å². The molecule has 0 unspecified atom stereocenters. The van der Waals surface area contributed by atoms with Gasteiger partial charge in [0.25, 0.3) is 5.91 Å². The third kappa shape index (κ3) is 7.74. The Kier molecular flexibility index (Phi) is 10.1. The Bertz CT molecular complexity index is 1760. The molecule has 5 rings (SSSR count). The Morgan fingerprint density at radius 3 is 2.08 bits per heavy atom. The molecule has 3 aromatic rings. The average molecular weight is 737 g/mol. The topological polar surface area (TPSA) is 60.9 Å². The van der Waals surface area contributed by atoms with Crippen molar-refractivity contribution in [3.63, 3.8) is 0 Å². The molecule has 3 aromatic carbocycles. The van der Waals surface area contributed by atoms with Crippen molar-refractivity contribution in [1.29, 1.82) is 0 Å². The van der Waals surface area contributed by atoms with Gasteiger partial charge in [0.2, 0.25) is 10.0 Å². The van der Waals surface area contributed by atoms with Gasteiger partial charge in [0.1, 0.15) is 0 Å². The molecule has 1 atom stereocenters. The summed E-state index contributed by atoms with van der Waals surface area (Å²) < 4.78 is 107. The molecule has 48 heavy (non-hydrogen) atoms. The van der Waals surface area contributed by atoms with E-state index in [4.69, 9.17) is 23.2 Å². The number of benzene rings is 3. The zero-order valence-corrected chi connectivity index (χ0v) is 28.3. The lowest BCUT2D eigenvalue weighted by atomic mass is 9.74. The summed E-state index contributed by atoms with van der Waals surface area (Å²) in [6, 6.07) is 13.3. The van der Waals surface area contributed by atoms with Gasteiger partial charge in [-0.1, -0.05) is 47.5 Å². The monoisotopic (exact) mass is 735 g/mol. The van der Waals surface area contributed by atoms with Gasteiger partial charge in [0, 0.05) is 37.0 Å². The van der Waals surface area contributed by atoms with Crippen molar-refractivity contribution in [3.8, 4) is 0 Å². The molecule has 260 valence electrons. The van der Waals surface area contributed by atoms with Gasteiger partial charge < -0.3 is 9.80 Å². The second-order valence-electron chi connectivity index (χ2n) is 12.5. The number of carbonyl (C=O) groups excluding carboxylic acids is 1. The fourth-order valence-electron chi connectivity index (χ4n) is 6.69. The van der Waals surface area contributed by atoms with Crippen molar-refractivity contribution >= 4 is 44.8 Å². The van der Waals surface area contributed by atoms with Crippen molar-refractivity contribution in [3.05, 3.63) is 98.5 Å². The van der Waals surface area contributed by atoms with Gasteiger partial charge in [0.05, 0.1) is 33.1 Å². The van der Waals surface area contributed by atoms with E-state index in [2.05, 4.69) is 4.90 Å². The first-order valence-corrected chi connectivity index (χ1v) is 17.7. The smallest absolute Gasteiger partial charge is 0.341 e. The molecule has 2 heterocycles. The summed E-state index contributed by atoms with van der Waals surface area (Å²) in [5.41, 5.74) is -1.78. The molecule has 6 nitrogen and oxygen atoms in total. The quantitative estimate of drug-likeness (QED) is 0.220. The van der Waals surface area contributed by atoms with Gasteiger partial charge in [-0.2, -0.15) is 26.3 Å². The van der Waals surface area contributed by atoms with Crippen molar-refractivity contribution in [2.24, 2.45) is 0 Å². The molecule has 0 saturated carbocycles. The Hall–Kier alpha value is -3.00. The number of amides is 1. The summed E-state index contributed by atoms with van der Waals surface area (Å²) in [4.78, 5) is 16.7. The van der Waals surface area contributed by atoms with E-state index in [1.807, 2.05) is 24.3 Å². The molecular weight excluding hydrogens is 703 g/mol. The number of sulfonamides is 1. The van der Waals surface area contributed by atoms with Crippen LogP contribution in [-0.2, 0) is 27.8 Å². The number of likely N-dealkylation sites (tertiary alicyclic amines) is 1. The zero-order chi connectivity index (χ0) is 35.2. The van der Waals surface area contributed by atoms with E-state index in [1.165, 1.54) is 17.6 Å². The number of hydrogen-bond donors (Lipinski definition) is 0. The maximum atomic E-state index is 13.5. The number of halogens is 8. The van der Waals surface area contributed by atoms with Crippen LogP contribution < -0.4 is 4.31 Å². The minimum absolute atomic E-state index is 0.0130. The fraction of sp³-hybridized carbons (Fsp3) is 0.424. The van der Waals surface area contributed by atoms with Gasteiger partial charge in [-0.25, -0.2) is 8.42 Å². The van der Waals surface area contributed by atoms with E-state index < -0.39 is 50.9 Å². The van der Waals surface area contributed by atoms with Gasteiger partial charge in [-0.05, 0) is 86.4 Å². The molecule has 15 heteroatoms. The highest BCUT2D eigenvalue weighted by Crippen LogP contribution is 2.48. The van der Waals surface area contributed by atoms with Crippen LogP contribution in [0.3, 0.4) is 0 Å². The van der Waals surface area contributed by atoms with Gasteiger partial charge in [-0.15, -0.1) is 0 Å². The van der Waals surface area contributed by atoms with E-state index in [0.717, 1.165) is 10.5 Å². The molecular formula is C33H33Cl2F6N3O3S. The van der Waals surface area contributed by atoms with Crippen LogP contribution in [0.5, 0.6) is 0 Å². The van der Waals surface area contributed by atoms with Crippen molar-refractivity contribution in [1.82, 2.24) is 9.80 Å². The molecule has 1 spiro atoms. The minimum atomic E-state index is -5.09. The Balaban J connectivity index is 1.33. The minimum Gasteiger partial charge on any atom is -0.341 e. The number of fused-ring (bicyclic) bond motifs is 2. The fourth-order valence-corrected chi connectivity index (χ4v) is 8.00. The highest BCUT2D eigenvalue weighted by Gasteiger charge is 2.47. The first-order valence-electron chi connectivity index (χ1n) is 15.1.